The molecule has 3 aliphatic rings. The van der Waals surface area contributed by atoms with Gasteiger partial charge in [0.25, 0.3) is 11.8 Å². The van der Waals surface area contributed by atoms with Crippen LogP contribution in [0.1, 0.15) is 87.9 Å². The Morgan fingerprint density at radius 1 is 0.962 bits per heavy atom. The minimum atomic E-state index is -0.205. The Labute approximate surface area is 308 Å². The van der Waals surface area contributed by atoms with Crippen molar-refractivity contribution < 1.29 is 33.3 Å². The standard InChI is InChI=1S/C40H55N5O7/c1-10-28-21-43-37(46)30-17-34(49-9)36(19-32(30)44(7)25(2)23-51-28)50-14-13-39(3,4)11-12-40(5,6)24-52-35-18-31-29(16-33(35)48-8)38(47)45-22-26(41)15-27(45)20-42-31/h10,16-20,25,27,41H,11-15,21-24H2,1-9H3,(H,43,46)/b28-10-,41-26?. The van der Waals surface area contributed by atoms with E-state index in [2.05, 4.69) is 44.9 Å². The normalized spacial score (nSPS) is 20.0. The quantitative estimate of drug-likeness (QED) is 0.244. The number of nitrogens with one attached hydrogen (secondary N) is 2. The third kappa shape index (κ3) is 8.82. The summed E-state index contributed by atoms with van der Waals surface area (Å²) in [6.07, 6.45) is 6.79. The van der Waals surface area contributed by atoms with E-state index in [-0.39, 0.29) is 34.7 Å². The Balaban J connectivity index is 1.20. The van der Waals surface area contributed by atoms with Crippen molar-refractivity contribution in [3.8, 4) is 23.0 Å². The van der Waals surface area contributed by atoms with Crippen LogP contribution in [0.25, 0.3) is 0 Å². The second kappa shape index (κ2) is 15.9. The number of carbonyl (C=O) groups excluding carboxylic acids is 2. The van der Waals surface area contributed by atoms with Crippen molar-refractivity contribution in [3.63, 3.8) is 0 Å². The molecule has 0 radical (unpaired) electrons. The maximum atomic E-state index is 13.3. The summed E-state index contributed by atoms with van der Waals surface area (Å²) in [5.41, 5.74) is 2.62. The van der Waals surface area contributed by atoms with E-state index in [0.717, 1.165) is 30.7 Å². The van der Waals surface area contributed by atoms with Gasteiger partial charge in [0, 0.05) is 37.5 Å². The van der Waals surface area contributed by atoms with E-state index >= 15 is 0 Å². The molecule has 2 amide bonds. The first-order valence-corrected chi connectivity index (χ1v) is 18.1. The van der Waals surface area contributed by atoms with Gasteiger partial charge in [0.15, 0.2) is 23.0 Å². The highest BCUT2D eigenvalue weighted by Crippen LogP contribution is 2.41. The predicted molar refractivity (Wildman–Crippen MR) is 204 cm³/mol. The maximum absolute atomic E-state index is 13.3. The topological polar surface area (TPSA) is 135 Å². The highest BCUT2D eigenvalue weighted by atomic mass is 16.5. The summed E-state index contributed by atoms with van der Waals surface area (Å²) in [7, 11) is 5.11. The first-order chi connectivity index (χ1) is 24.6. The molecule has 2 N–H and O–H groups in total. The molecule has 0 bridgehead atoms. The molecule has 5 rings (SSSR count). The summed E-state index contributed by atoms with van der Waals surface area (Å²) in [4.78, 5) is 34.9. The van der Waals surface area contributed by atoms with Crippen LogP contribution in [0.2, 0.25) is 0 Å². The number of rotatable bonds is 12. The number of carbonyl (C=O) groups is 2. The average molecular weight is 718 g/mol. The fourth-order valence-corrected chi connectivity index (χ4v) is 6.48. The number of aliphatic imine (C=N–C) groups is 1. The minimum absolute atomic E-state index is 0.0118. The Morgan fingerprint density at radius 2 is 1.63 bits per heavy atom. The molecular weight excluding hydrogens is 662 g/mol. The summed E-state index contributed by atoms with van der Waals surface area (Å²) < 4.78 is 30.0. The lowest BCUT2D eigenvalue weighted by Crippen LogP contribution is -2.38. The van der Waals surface area contributed by atoms with Crippen molar-refractivity contribution in [3.05, 3.63) is 47.2 Å². The predicted octanol–water partition coefficient (Wildman–Crippen LogP) is 6.82. The van der Waals surface area contributed by atoms with E-state index in [4.69, 9.17) is 29.1 Å². The smallest absolute Gasteiger partial charge is 0.257 e. The zero-order valence-corrected chi connectivity index (χ0v) is 32.2. The molecule has 0 saturated carbocycles. The molecule has 0 spiro atoms. The van der Waals surface area contributed by atoms with E-state index < -0.39 is 0 Å². The third-order valence-electron chi connectivity index (χ3n) is 10.3. The number of nitrogens with zero attached hydrogens (tertiary/aromatic N) is 3. The molecule has 2 aromatic carbocycles. The lowest BCUT2D eigenvalue weighted by atomic mass is 9.78. The van der Waals surface area contributed by atoms with Crippen LogP contribution in [0.5, 0.6) is 23.0 Å². The van der Waals surface area contributed by atoms with E-state index in [1.165, 1.54) is 0 Å². The lowest BCUT2D eigenvalue weighted by Gasteiger charge is -2.32. The zero-order chi connectivity index (χ0) is 37.8. The van der Waals surface area contributed by atoms with Gasteiger partial charge in [0.05, 0.1) is 75.1 Å². The third-order valence-corrected chi connectivity index (χ3v) is 10.3. The summed E-state index contributed by atoms with van der Waals surface area (Å²) >= 11 is 0. The molecule has 1 fully saturated rings. The van der Waals surface area contributed by atoms with Gasteiger partial charge in [0.1, 0.15) is 12.4 Å². The van der Waals surface area contributed by atoms with Gasteiger partial charge < -0.3 is 44.2 Å². The van der Waals surface area contributed by atoms with Crippen LogP contribution in [0.3, 0.4) is 0 Å². The fraction of sp³-hybridized carbons (Fsp3) is 0.550. The first kappa shape index (κ1) is 38.5. The monoisotopic (exact) mass is 717 g/mol. The molecule has 1 saturated heterocycles. The van der Waals surface area contributed by atoms with Crippen LogP contribution < -0.4 is 29.2 Å². The molecule has 3 heterocycles. The zero-order valence-electron chi connectivity index (χ0n) is 32.2. The largest absolute Gasteiger partial charge is 0.494 e. The second-order valence-electron chi connectivity index (χ2n) is 15.6. The van der Waals surface area contributed by atoms with Crippen LogP contribution in [0.4, 0.5) is 11.4 Å². The Kier molecular flexibility index (Phi) is 11.8. The van der Waals surface area contributed by atoms with Gasteiger partial charge in [-0.3, -0.25) is 14.6 Å². The number of anilines is 1. The molecular formula is C40H55N5O7. The highest BCUT2D eigenvalue weighted by molar-refractivity contribution is 6.07. The summed E-state index contributed by atoms with van der Waals surface area (Å²) in [5.74, 6) is 2.50. The van der Waals surface area contributed by atoms with Gasteiger partial charge in [-0.2, -0.15) is 0 Å². The Morgan fingerprint density at radius 3 is 2.33 bits per heavy atom. The van der Waals surface area contributed by atoms with Crippen molar-refractivity contribution in [1.82, 2.24) is 10.2 Å². The van der Waals surface area contributed by atoms with Gasteiger partial charge in [-0.25, -0.2) is 0 Å². The van der Waals surface area contributed by atoms with Crippen molar-refractivity contribution >= 4 is 35.1 Å². The summed E-state index contributed by atoms with van der Waals surface area (Å²) in [6, 6.07) is 6.95. The molecule has 52 heavy (non-hydrogen) atoms. The number of fused-ring (bicyclic) bond motifs is 3. The number of ether oxygens (including phenoxy) is 5. The van der Waals surface area contributed by atoms with Crippen LogP contribution in [0, 0.1) is 16.2 Å². The van der Waals surface area contributed by atoms with Crippen molar-refractivity contribution in [2.75, 3.05) is 59.1 Å². The van der Waals surface area contributed by atoms with Gasteiger partial charge >= 0.3 is 0 Å². The van der Waals surface area contributed by atoms with E-state index in [9.17, 15) is 9.59 Å². The molecule has 2 aromatic rings. The molecule has 12 heteroatoms. The van der Waals surface area contributed by atoms with Crippen molar-refractivity contribution in [2.24, 2.45) is 15.8 Å². The number of likely N-dealkylation sites (N-methyl/N-ethyl adjacent to an activating group) is 1. The van der Waals surface area contributed by atoms with Crippen molar-refractivity contribution in [2.45, 2.75) is 79.3 Å². The molecule has 282 valence electrons. The number of methoxy groups -OCH3 is 2. The van der Waals surface area contributed by atoms with Gasteiger partial charge in [0.2, 0.25) is 0 Å². The van der Waals surface area contributed by atoms with Crippen LogP contribution in [-0.4, -0.2) is 94.9 Å². The number of benzene rings is 2. The number of hydrogen-bond acceptors (Lipinski definition) is 10. The van der Waals surface area contributed by atoms with E-state index in [1.54, 1.807) is 43.5 Å². The highest BCUT2D eigenvalue weighted by Gasteiger charge is 2.35. The van der Waals surface area contributed by atoms with Gasteiger partial charge in [-0.15, -0.1) is 0 Å². The summed E-state index contributed by atoms with van der Waals surface area (Å²) in [6.45, 7) is 14.9. The second-order valence-corrected chi connectivity index (χ2v) is 15.6. The number of allylic oxidation sites excluding steroid dienone is 1. The number of amides is 2. The molecule has 0 aromatic heterocycles. The molecule has 0 aliphatic carbocycles. The SMILES string of the molecule is C/C=C1/CNC(=O)c2cc(OC)c(OCCC(C)(C)CCC(C)(C)COc3cc4c(cc3OC)C(=O)N3CC(=N)CC3C=N4)cc2N(C)C(C)CO1. The van der Waals surface area contributed by atoms with E-state index in [0.29, 0.717) is 84.9 Å². The first-order valence-electron chi connectivity index (χ1n) is 18.1. The van der Waals surface area contributed by atoms with Crippen molar-refractivity contribution in [1.29, 1.82) is 5.41 Å². The molecule has 3 aliphatic heterocycles. The lowest BCUT2D eigenvalue weighted by molar-refractivity contribution is 0.0779. The van der Waals surface area contributed by atoms with E-state index in [1.807, 2.05) is 31.0 Å². The minimum Gasteiger partial charge on any atom is -0.494 e. The molecule has 2 atom stereocenters. The molecule has 2 unspecified atom stereocenters. The number of hydrogen-bond donors (Lipinski definition) is 2. The summed E-state index contributed by atoms with van der Waals surface area (Å²) in [5, 5.41) is 11.0. The molecule has 12 nitrogen and oxygen atoms in total. The fourth-order valence-electron chi connectivity index (χ4n) is 6.48. The Hall–Kier alpha value is -4.74. The maximum Gasteiger partial charge on any atom is 0.257 e. The van der Waals surface area contributed by atoms with Crippen LogP contribution in [-0.2, 0) is 4.74 Å². The van der Waals surface area contributed by atoms with Gasteiger partial charge in [-0.05, 0) is 62.1 Å². The van der Waals surface area contributed by atoms with Crippen LogP contribution in [0.15, 0.2) is 41.1 Å². The Bertz CT molecular complexity index is 1730. The van der Waals surface area contributed by atoms with Gasteiger partial charge in [-0.1, -0.05) is 27.7 Å². The van der Waals surface area contributed by atoms with Crippen LogP contribution >= 0.6 is 0 Å². The average Bonchev–Trinajstić information content (AvgIpc) is 3.45.